The van der Waals surface area contributed by atoms with E-state index in [1.54, 1.807) is 18.2 Å². The molecule has 2 aromatic rings. The van der Waals surface area contributed by atoms with Crippen molar-refractivity contribution in [1.82, 2.24) is 5.32 Å². The summed E-state index contributed by atoms with van der Waals surface area (Å²) in [5.74, 6) is -1.02. The van der Waals surface area contributed by atoms with Crippen LogP contribution in [-0.2, 0) is 0 Å². The minimum Gasteiger partial charge on any atom is -0.309 e. The lowest BCUT2D eigenvalue weighted by atomic mass is 10.1. The van der Waals surface area contributed by atoms with Crippen LogP contribution in [0.3, 0.4) is 0 Å². The van der Waals surface area contributed by atoms with E-state index in [4.69, 9.17) is 0 Å². The molecular weight excluding hydrogens is 295 g/mol. The summed E-state index contributed by atoms with van der Waals surface area (Å²) >= 11 is 1.32. The smallest absolute Gasteiger partial charge is 0.136 e. The van der Waals surface area contributed by atoms with Crippen LogP contribution in [0.4, 0.5) is 13.2 Å². The third kappa shape index (κ3) is 4.51. The first-order valence-corrected chi connectivity index (χ1v) is 7.65. The van der Waals surface area contributed by atoms with Gasteiger partial charge >= 0.3 is 0 Å². The van der Waals surface area contributed by atoms with Crippen LogP contribution in [0, 0.1) is 17.5 Å². The molecule has 112 valence electrons. The van der Waals surface area contributed by atoms with Gasteiger partial charge < -0.3 is 5.32 Å². The van der Waals surface area contributed by atoms with Crippen molar-refractivity contribution in [3.8, 4) is 0 Å². The van der Waals surface area contributed by atoms with Crippen molar-refractivity contribution in [2.24, 2.45) is 0 Å². The van der Waals surface area contributed by atoms with Gasteiger partial charge in [-0.15, -0.1) is 11.8 Å². The zero-order chi connectivity index (χ0) is 15.2. The van der Waals surface area contributed by atoms with Gasteiger partial charge in [-0.1, -0.05) is 19.1 Å². The molecule has 0 aliphatic carbocycles. The number of halogens is 3. The normalized spacial score (nSPS) is 12.4. The second kappa shape index (κ2) is 7.52. The summed E-state index contributed by atoms with van der Waals surface area (Å²) in [6, 6.07) is 9.68. The quantitative estimate of drug-likeness (QED) is 0.786. The Morgan fingerprint density at radius 2 is 1.71 bits per heavy atom. The Hall–Kier alpha value is -1.46. The van der Waals surface area contributed by atoms with E-state index in [2.05, 4.69) is 5.32 Å². The molecule has 0 aliphatic heterocycles. The lowest BCUT2D eigenvalue weighted by Crippen LogP contribution is -2.23. The molecule has 1 atom stereocenters. The van der Waals surface area contributed by atoms with Crippen LogP contribution >= 0.6 is 11.8 Å². The van der Waals surface area contributed by atoms with Crippen molar-refractivity contribution in [2.75, 3.05) is 12.3 Å². The van der Waals surface area contributed by atoms with Crippen LogP contribution in [0.5, 0.6) is 0 Å². The Kier molecular flexibility index (Phi) is 5.70. The molecule has 5 heteroatoms. The van der Waals surface area contributed by atoms with Gasteiger partial charge in [-0.25, -0.2) is 13.2 Å². The molecule has 21 heavy (non-hydrogen) atoms. The number of hydrogen-bond acceptors (Lipinski definition) is 2. The predicted octanol–water partition coefficient (Wildman–Crippen LogP) is 4.55. The second-order valence-corrected chi connectivity index (χ2v) is 5.62. The van der Waals surface area contributed by atoms with Gasteiger partial charge in [-0.05, 0) is 36.4 Å². The van der Waals surface area contributed by atoms with E-state index < -0.39 is 11.6 Å². The molecule has 1 N–H and O–H groups in total. The van der Waals surface area contributed by atoms with Crippen molar-refractivity contribution in [3.05, 3.63) is 65.5 Å². The zero-order valence-electron chi connectivity index (χ0n) is 11.6. The summed E-state index contributed by atoms with van der Waals surface area (Å²) < 4.78 is 40.2. The average Bonchev–Trinajstić information content (AvgIpc) is 2.44. The number of thioether (sulfide) groups is 1. The van der Waals surface area contributed by atoms with Crippen molar-refractivity contribution >= 4 is 11.8 Å². The van der Waals surface area contributed by atoms with Crippen molar-refractivity contribution in [2.45, 2.75) is 17.9 Å². The Labute approximate surface area is 126 Å². The Morgan fingerprint density at radius 1 is 1.05 bits per heavy atom. The summed E-state index contributed by atoms with van der Waals surface area (Å²) in [7, 11) is 0. The maximum atomic E-state index is 13.6. The highest BCUT2D eigenvalue weighted by Crippen LogP contribution is 2.27. The molecule has 0 bridgehead atoms. The highest BCUT2D eigenvalue weighted by Gasteiger charge is 2.14. The van der Waals surface area contributed by atoms with Crippen molar-refractivity contribution in [3.63, 3.8) is 0 Å². The molecule has 0 aromatic heterocycles. The van der Waals surface area contributed by atoms with E-state index in [1.807, 2.05) is 6.92 Å². The first-order valence-electron chi connectivity index (χ1n) is 6.67. The van der Waals surface area contributed by atoms with Crippen molar-refractivity contribution < 1.29 is 13.2 Å². The Morgan fingerprint density at radius 3 is 2.33 bits per heavy atom. The van der Waals surface area contributed by atoms with Gasteiger partial charge in [0.1, 0.15) is 17.5 Å². The van der Waals surface area contributed by atoms with Crippen LogP contribution in [-0.4, -0.2) is 12.3 Å². The molecule has 0 heterocycles. The number of benzene rings is 2. The Bertz CT molecular complexity index is 584. The Balaban J connectivity index is 2.14. The molecule has 1 nitrogen and oxygen atoms in total. The summed E-state index contributed by atoms with van der Waals surface area (Å²) in [4.78, 5) is 0.525. The molecule has 1 unspecified atom stereocenters. The number of rotatable bonds is 6. The van der Waals surface area contributed by atoms with E-state index in [9.17, 15) is 13.2 Å². The zero-order valence-corrected chi connectivity index (χ0v) is 12.4. The molecule has 0 saturated carbocycles. The van der Waals surface area contributed by atoms with Crippen LogP contribution in [0.2, 0.25) is 0 Å². The van der Waals surface area contributed by atoms with Gasteiger partial charge in [0.25, 0.3) is 0 Å². The third-order valence-corrected chi connectivity index (χ3v) is 4.12. The van der Waals surface area contributed by atoms with Gasteiger partial charge in [-0.2, -0.15) is 0 Å². The number of hydrogen-bond donors (Lipinski definition) is 1. The van der Waals surface area contributed by atoms with E-state index >= 15 is 0 Å². The second-order valence-electron chi connectivity index (χ2n) is 4.55. The number of nitrogens with one attached hydrogen (secondary N) is 1. The summed E-state index contributed by atoms with van der Waals surface area (Å²) in [5.41, 5.74) is 0.526. The lowest BCUT2D eigenvalue weighted by molar-refractivity contribution is 0.557. The minimum atomic E-state index is -0.608. The SMILES string of the molecule is CCNC(CSc1ccccc1F)c1cc(F)cc(F)c1. The predicted molar refractivity (Wildman–Crippen MR) is 79.9 cm³/mol. The third-order valence-electron chi connectivity index (χ3n) is 2.98. The largest absolute Gasteiger partial charge is 0.309 e. The first-order chi connectivity index (χ1) is 10.1. The molecule has 0 amide bonds. The summed E-state index contributed by atoms with van der Waals surface area (Å²) in [6.45, 7) is 2.57. The van der Waals surface area contributed by atoms with Crippen LogP contribution < -0.4 is 5.32 Å². The van der Waals surface area contributed by atoms with Gasteiger partial charge in [0.05, 0.1) is 0 Å². The molecule has 2 rings (SSSR count). The molecular formula is C16H16F3NS. The fourth-order valence-electron chi connectivity index (χ4n) is 2.03. The standard InChI is InChI=1S/C16H16F3NS/c1-2-20-15(11-7-12(17)9-13(18)8-11)10-21-16-6-4-3-5-14(16)19/h3-9,15,20H,2,10H2,1H3. The van der Waals surface area contributed by atoms with Crippen LogP contribution in [0.1, 0.15) is 18.5 Å². The van der Waals surface area contributed by atoms with E-state index in [1.165, 1.54) is 30.0 Å². The van der Waals surface area contributed by atoms with Crippen LogP contribution in [0.25, 0.3) is 0 Å². The first kappa shape index (κ1) is 15.9. The van der Waals surface area contributed by atoms with Gasteiger partial charge in [0.15, 0.2) is 0 Å². The fourth-order valence-corrected chi connectivity index (χ4v) is 3.07. The minimum absolute atomic E-state index is 0.246. The van der Waals surface area contributed by atoms with Crippen molar-refractivity contribution in [1.29, 1.82) is 0 Å². The highest BCUT2D eigenvalue weighted by molar-refractivity contribution is 7.99. The van der Waals surface area contributed by atoms with E-state index in [-0.39, 0.29) is 11.9 Å². The van der Waals surface area contributed by atoms with Gasteiger partial charge in [-0.3, -0.25) is 0 Å². The molecule has 2 aromatic carbocycles. The van der Waals surface area contributed by atoms with E-state index in [0.29, 0.717) is 22.8 Å². The van der Waals surface area contributed by atoms with Gasteiger partial charge in [0.2, 0.25) is 0 Å². The molecule has 0 radical (unpaired) electrons. The van der Waals surface area contributed by atoms with E-state index in [0.717, 1.165) is 6.07 Å². The maximum absolute atomic E-state index is 13.6. The van der Waals surface area contributed by atoms with Gasteiger partial charge in [0, 0.05) is 22.8 Å². The molecule has 0 fully saturated rings. The monoisotopic (exact) mass is 311 g/mol. The molecule has 0 saturated heterocycles. The van der Waals surface area contributed by atoms with Crippen LogP contribution in [0.15, 0.2) is 47.4 Å². The molecule has 0 spiro atoms. The molecule has 0 aliphatic rings. The lowest BCUT2D eigenvalue weighted by Gasteiger charge is -2.18. The summed E-state index contributed by atoms with van der Waals surface area (Å²) in [6.07, 6.45) is 0. The maximum Gasteiger partial charge on any atom is 0.136 e. The average molecular weight is 311 g/mol. The summed E-state index contributed by atoms with van der Waals surface area (Å²) in [5, 5.41) is 3.17. The fraction of sp³-hybridized carbons (Fsp3) is 0.250. The highest BCUT2D eigenvalue weighted by atomic mass is 32.2. The topological polar surface area (TPSA) is 12.0 Å².